The molecule has 2 heterocycles. The van der Waals surface area contributed by atoms with E-state index in [9.17, 15) is 0 Å². The lowest BCUT2D eigenvalue weighted by molar-refractivity contribution is 0.415. The van der Waals surface area contributed by atoms with E-state index in [1.165, 1.54) is 12.8 Å². The molecule has 4 rings (SSSR count). The van der Waals surface area contributed by atoms with E-state index in [0.29, 0.717) is 11.7 Å². The van der Waals surface area contributed by atoms with Crippen molar-refractivity contribution in [3.63, 3.8) is 0 Å². The Morgan fingerprint density at radius 3 is 2.81 bits per heavy atom. The molecular formula is C16H16N4O. The largest absolute Gasteiger partial charge is 0.497 e. The van der Waals surface area contributed by atoms with Gasteiger partial charge in [0, 0.05) is 30.1 Å². The van der Waals surface area contributed by atoms with Crippen LogP contribution in [0.25, 0.3) is 22.4 Å². The van der Waals surface area contributed by atoms with Crippen molar-refractivity contribution in [1.29, 1.82) is 0 Å². The van der Waals surface area contributed by atoms with Crippen molar-refractivity contribution in [2.75, 3.05) is 12.8 Å². The fourth-order valence-electron chi connectivity index (χ4n) is 2.69. The van der Waals surface area contributed by atoms with Gasteiger partial charge in [0.25, 0.3) is 0 Å². The van der Waals surface area contributed by atoms with Crippen LogP contribution in [-0.2, 0) is 0 Å². The van der Waals surface area contributed by atoms with Crippen molar-refractivity contribution in [3.05, 3.63) is 36.7 Å². The Bertz CT molecular complexity index is 820. The van der Waals surface area contributed by atoms with E-state index < -0.39 is 0 Å². The molecule has 1 aromatic carbocycles. The number of hydrogen-bond acceptors (Lipinski definition) is 4. The van der Waals surface area contributed by atoms with Gasteiger partial charge in [0.1, 0.15) is 11.6 Å². The molecule has 0 spiro atoms. The van der Waals surface area contributed by atoms with Gasteiger partial charge in [0.2, 0.25) is 0 Å². The number of imidazole rings is 1. The summed E-state index contributed by atoms with van der Waals surface area (Å²) in [6.45, 7) is 0. The number of aromatic nitrogens is 3. The molecule has 2 aromatic heterocycles. The first-order chi connectivity index (χ1) is 10.3. The standard InChI is InChI=1S/C16H16N4O/c1-21-13-4-5-15-14(7-13)19-16(20(15)12-2-3-12)10-6-11(17)9-18-8-10/h4-9,12H,2-3,17H2,1H3. The molecule has 1 fully saturated rings. The first kappa shape index (κ1) is 12.2. The molecule has 106 valence electrons. The summed E-state index contributed by atoms with van der Waals surface area (Å²) >= 11 is 0. The average molecular weight is 280 g/mol. The number of nitrogens with two attached hydrogens (primary N) is 1. The normalized spacial score (nSPS) is 14.5. The third kappa shape index (κ3) is 2.01. The molecule has 0 unspecified atom stereocenters. The number of nitrogen functional groups attached to an aromatic ring is 1. The lowest BCUT2D eigenvalue weighted by atomic mass is 10.2. The maximum atomic E-state index is 5.86. The highest BCUT2D eigenvalue weighted by Gasteiger charge is 2.28. The summed E-state index contributed by atoms with van der Waals surface area (Å²) in [6.07, 6.45) is 5.85. The predicted molar refractivity (Wildman–Crippen MR) is 82.2 cm³/mol. The molecule has 0 radical (unpaired) electrons. The van der Waals surface area contributed by atoms with E-state index in [4.69, 9.17) is 15.5 Å². The van der Waals surface area contributed by atoms with Crippen molar-refractivity contribution >= 4 is 16.7 Å². The van der Waals surface area contributed by atoms with Gasteiger partial charge in [-0.15, -0.1) is 0 Å². The minimum atomic E-state index is 0.528. The van der Waals surface area contributed by atoms with Gasteiger partial charge >= 0.3 is 0 Å². The number of rotatable bonds is 3. The number of methoxy groups -OCH3 is 1. The number of fused-ring (bicyclic) bond motifs is 1. The van der Waals surface area contributed by atoms with Gasteiger partial charge in [0.05, 0.1) is 23.8 Å². The molecule has 2 N–H and O–H groups in total. The Hall–Kier alpha value is -2.56. The highest BCUT2D eigenvalue weighted by atomic mass is 16.5. The van der Waals surface area contributed by atoms with E-state index in [2.05, 4.69) is 15.6 Å². The van der Waals surface area contributed by atoms with Crippen LogP contribution in [0.3, 0.4) is 0 Å². The average Bonchev–Trinajstić information content (AvgIpc) is 3.26. The van der Waals surface area contributed by atoms with Crippen LogP contribution < -0.4 is 10.5 Å². The van der Waals surface area contributed by atoms with Crippen molar-refractivity contribution in [1.82, 2.24) is 14.5 Å². The first-order valence-corrected chi connectivity index (χ1v) is 7.03. The Morgan fingerprint density at radius 2 is 2.10 bits per heavy atom. The van der Waals surface area contributed by atoms with E-state index in [-0.39, 0.29) is 0 Å². The molecule has 5 heteroatoms. The summed E-state index contributed by atoms with van der Waals surface area (Å²) in [5.41, 5.74) is 9.54. The van der Waals surface area contributed by atoms with Crippen molar-refractivity contribution in [3.8, 4) is 17.1 Å². The zero-order valence-corrected chi connectivity index (χ0v) is 11.8. The highest BCUT2D eigenvalue weighted by molar-refractivity contribution is 5.82. The predicted octanol–water partition coefficient (Wildman–Crippen LogP) is 3.02. The van der Waals surface area contributed by atoms with Crippen LogP contribution >= 0.6 is 0 Å². The first-order valence-electron chi connectivity index (χ1n) is 7.03. The van der Waals surface area contributed by atoms with E-state index in [0.717, 1.165) is 28.2 Å². The third-order valence-corrected chi connectivity index (χ3v) is 3.83. The SMILES string of the molecule is COc1ccc2c(c1)nc(-c1cncc(N)c1)n2C1CC1. The molecule has 0 atom stereocenters. The van der Waals surface area contributed by atoms with E-state index in [1.807, 2.05) is 24.4 Å². The van der Waals surface area contributed by atoms with Crippen molar-refractivity contribution in [2.24, 2.45) is 0 Å². The molecule has 0 bridgehead atoms. The van der Waals surface area contributed by atoms with Crippen LogP contribution in [0.15, 0.2) is 36.7 Å². The monoisotopic (exact) mass is 280 g/mol. The van der Waals surface area contributed by atoms with Crippen LogP contribution in [-0.4, -0.2) is 21.6 Å². The van der Waals surface area contributed by atoms with Crippen LogP contribution in [0, 0.1) is 0 Å². The molecule has 0 aliphatic heterocycles. The fraction of sp³-hybridized carbons (Fsp3) is 0.250. The van der Waals surface area contributed by atoms with Crippen molar-refractivity contribution in [2.45, 2.75) is 18.9 Å². The van der Waals surface area contributed by atoms with Crippen LogP contribution in [0.1, 0.15) is 18.9 Å². The molecular weight excluding hydrogens is 264 g/mol. The zero-order valence-electron chi connectivity index (χ0n) is 11.8. The maximum Gasteiger partial charge on any atom is 0.143 e. The molecule has 0 amide bonds. The Kier molecular flexibility index (Phi) is 2.60. The summed E-state index contributed by atoms with van der Waals surface area (Å²) < 4.78 is 7.59. The third-order valence-electron chi connectivity index (χ3n) is 3.83. The summed E-state index contributed by atoms with van der Waals surface area (Å²) in [4.78, 5) is 8.96. The summed E-state index contributed by atoms with van der Waals surface area (Å²) in [5, 5.41) is 0. The number of benzene rings is 1. The molecule has 5 nitrogen and oxygen atoms in total. The van der Waals surface area contributed by atoms with Gasteiger partial charge in [-0.2, -0.15) is 0 Å². The summed E-state index contributed by atoms with van der Waals surface area (Å²) in [7, 11) is 1.67. The van der Waals surface area contributed by atoms with Gasteiger partial charge in [-0.3, -0.25) is 4.98 Å². The highest BCUT2D eigenvalue weighted by Crippen LogP contribution is 2.41. The van der Waals surface area contributed by atoms with Gasteiger partial charge < -0.3 is 15.0 Å². The lowest BCUT2D eigenvalue weighted by Crippen LogP contribution is -1.98. The van der Waals surface area contributed by atoms with E-state index in [1.54, 1.807) is 13.3 Å². The van der Waals surface area contributed by atoms with E-state index >= 15 is 0 Å². The molecule has 1 saturated carbocycles. The Labute approximate surface area is 122 Å². The smallest absolute Gasteiger partial charge is 0.143 e. The van der Waals surface area contributed by atoms with Crippen LogP contribution in [0.4, 0.5) is 5.69 Å². The Morgan fingerprint density at radius 1 is 1.24 bits per heavy atom. The molecule has 21 heavy (non-hydrogen) atoms. The minimum Gasteiger partial charge on any atom is -0.497 e. The molecule has 0 saturated heterocycles. The summed E-state index contributed by atoms with van der Waals surface area (Å²) in [6, 6.07) is 8.47. The van der Waals surface area contributed by atoms with Crippen LogP contribution in [0.5, 0.6) is 5.75 Å². The Balaban J connectivity index is 1.97. The second kappa shape index (κ2) is 4.48. The number of nitrogens with zero attached hydrogens (tertiary/aromatic N) is 3. The molecule has 3 aromatic rings. The molecule has 1 aliphatic carbocycles. The molecule has 1 aliphatic rings. The topological polar surface area (TPSA) is 66.0 Å². The van der Waals surface area contributed by atoms with Gasteiger partial charge in [-0.1, -0.05) is 0 Å². The zero-order chi connectivity index (χ0) is 14.4. The van der Waals surface area contributed by atoms with Gasteiger partial charge in [-0.25, -0.2) is 4.98 Å². The number of pyridine rings is 1. The second-order valence-electron chi connectivity index (χ2n) is 5.40. The summed E-state index contributed by atoms with van der Waals surface area (Å²) in [5.74, 6) is 1.75. The lowest BCUT2D eigenvalue weighted by Gasteiger charge is -2.08. The van der Waals surface area contributed by atoms with Crippen LogP contribution in [0.2, 0.25) is 0 Å². The fourth-order valence-corrected chi connectivity index (χ4v) is 2.69. The number of ether oxygens (including phenoxy) is 1. The quantitative estimate of drug-likeness (QED) is 0.801. The van der Waals surface area contributed by atoms with Gasteiger partial charge in [0.15, 0.2) is 0 Å². The number of hydrogen-bond donors (Lipinski definition) is 1. The van der Waals surface area contributed by atoms with Crippen molar-refractivity contribution < 1.29 is 4.74 Å². The second-order valence-corrected chi connectivity index (χ2v) is 5.40. The van der Waals surface area contributed by atoms with Gasteiger partial charge in [-0.05, 0) is 31.0 Å². The minimum absolute atomic E-state index is 0.528. The maximum absolute atomic E-state index is 5.86. The number of anilines is 1.